The van der Waals surface area contributed by atoms with E-state index in [1.54, 1.807) is 0 Å². The first-order valence-electron chi connectivity index (χ1n) is 4.93. The molecule has 0 aliphatic heterocycles. The topological polar surface area (TPSA) is 113 Å². The van der Waals surface area contributed by atoms with Crippen LogP contribution >= 0.6 is 0 Å². The minimum Gasteiger partial charge on any atom is -0.465 e. The van der Waals surface area contributed by atoms with Crippen LogP contribution in [-0.4, -0.2) is 28.4 Å². The molecule has 0 fully saturated rings. The fourth-order valence-electron chi connectivity index (χ4n) is 1.23. The second-order valence-corrected chi connectivity index (χ2v) is 3.38. The first-order valence-corrected chi connectivity index (χ1v) is 4.93. The molecule has 0 aliphatic rings. The maximum Gasteiger partial charge on any atom is 0.404 e. The number of benzene rings is 1. The standard InChI is InChI=1S/C10H13NO2.CH3NO2/c1-8(11-10(12)13)7-9-5-3-2-4-6-9;2-1(3)4/h2-6,8,11H,7H2,1H3,(H,12,13);2H2,(H,3,4)/t8-;/m1./s1. The van der Waals surface area contributed by atoms with Crippen molar-refractivity contribution in [2.24, 2.45) is 5.73 Å². The first-order chi connectivity index (χ1) is 7.91. The van der Waals surface area contributed by atoms with E-state index in [0.717, 1.165) is 12.0 Å². The van der Waals surface area contributed by atoms with Crippen molar-refractivity contribution in [2.45, 2.75) is 19.4 Å². The summed E-state index contributed by atoms with van der Waals surface area (Å²) in [5.74, 6) is 0. The highest BCUT2D eigenvalue weighted by Crippen LogP contribution is 2.02. The highest BCUT2D eigenvalue weighted by molar-refractivity contribution is 5.64. The summed E-state index contributed by atoms with van der Waals surface area (Å²) < 4.78 is 0. The van der Waals surface area contributed by atoms with Gasteiger partial charge in [-0.05, 0) is 18.9 Å². The number of primary amides is 1. The van der Waals surface area contributed by atoms with E-state index in [1.807, 2.05) is 37.3 Å². The number of carboxylic acid groups (broad SMARTS) is 2. The van der Waals surface area contributed by atoms with Crippen molar-refractivity contribution in [1.82, 2.24) is 5.32 Å². The van der Waals surface area contributed by atoms with Gasteiger partial charge in [0, 0.05) is 6.04 Å². The normalized spacial score (nSPS) is 10.6. The van der Waals surface area contributed by atoms with Crippen LogP contribution in [0.25, 0.3) is 0 Å². The van der Waals surface area contributed by atoms with E-state index in [2.05, 4.69) is 11.1 Å². The smallest absolute Gasteiger partial charge is 0.404 e. The molecule has 0 radical (unpaired) electrons. The zero-order valence-corrected chi connectivity index (χ0v) is 9.46. The number of nitrogens with one attached hydrogen (secondary N) is 1. The van der Waals surface area contributed by atoms with Gasteiger partial charge in [-0.3, -0.25) is 0 Å². The van der Waals surface area contributed by atoms with E-state index in [4.69, 9.17) is 15.0 Å². The van der Waals surface area contributed by atoms with Gasteiger partial charge in [-0.15, -0.1) is 0 Å². The molecule has 1 rings (SSSR count). The molecular weight excluding hydrogens is 224 g/mol. The van der Waals surface area contributed by atoms with Gasteiger partial charge in [-0.25, -0.2) is 9.59 Å². The highest BCUT2D eigenvalue weighted by atomic mass is 16.4. The SMILES string of the molecule is C[C@H](Cc1ccccc1)NC(=O)O.NC(=O)O. The molecule has 1 atom stereocenters. The van der Waals surface area contributed by atoms with Crippen molar-refractivity contribution in [2.75, 3.05) is 0 Å². The average molecular weight is 240 g/mol. The van der Waals surface area contributed by atoms with Crippen molar-refractivity contribution < 1.29 is 19.8 Å². The van der Waals surface area contributed by atoms with E-state index >= 15 is 0 Å². The number of amides is 2. The zero-order chi connectivity index (χ0) is 13.3. The van der Waals surface area contributed by atoms with Crippen LogP contribution in [0, 0.1) is 0 Å². The molecule has 0 saturated carbocycles. The Morgan fingerprint density at radius 3 is 2.18 bits per heavy atom. The highest BCUT2D eigenvalue weighted by Gasteiger charge is 2.04. The molecule has 6 heteroatoms. The Kier molecular flexibility index (Phi) is 6.92. The molecule has 0 aliphatic carbocycles. The fraction of sp³-hybridized carbons (Fsp3) is 0.273. The molecular formula is C11H16N2O4. The Labute approximate surface area is 99.1 Å². The quantitative estimate of drug-likeness (QED) is 0.641. The van der Waals surface area contributed by atoms with E-state index in [-0.39, 0.29) is 6.04 Å². The lowest BCUT2D eigenvalue weighted by atomic mass is 10.1. The molecule has 0 aromatic heterocycles. The molecule has 2 amide bonds. The van der Waals surface area contributed by atoms with Gasteiger partial charge >= 0.3 is 12.2 Å². The molecule has 0 bridgehead atoms. The van der Waals surface area contributed by atoms with Gasteiger partial charge < -0.3 is 21.3 Å². The minimum absolute atomic E-state index is 0.0418. The van der Waals surface area contributed by atoms with Gasteiger partial charge in [0.05, 0.1) is 0 Å². The van der Waals surface area contributed by atoms with E-state index < -0.39 is 12.2 Å². The van der Waals surface area contributed by atoms with Gasteiger partial charge in [0.15, 0.2) is 0 Å². The number of carbonyl (C=O) groups is 2. The monoisotopic (exact) mass is 240 g/mol. The summed E-state index contributed by atoms with van der Waals surface area (Å²) >= 11 is 0. The molecule has 0 saturated heterocycles. The third kappa shape index (κ3) is 10.1. The summed E-state index contributed by atoms with van der Waals surface area (Å²) in [5, 5.41) is 18.1. The van der Waals surface area contributed by atoms with Crippen LogP contribution in [0.3, 0.4) is 0 Å². The van der Waals surface area contributed by atoms with Crippen molar-refractivity contribution >= 4 is 12.2 Å². The van der Waals surface area contributed by atoms with Gasteiger partial charge in [0.25, 0.3) is 0 Å². The maximum absolute atomic E-state index is 10.3. The van der Waals surface area contributed by atoms with Crippen LogP contribution in [0.1, 0.15) is 12.5 Å². The lowest BCUT2D eigenvalue weighted by molar-refractivity contribution is 0.190. The lowest BCUT2D eigenvalue weighted by Crippen LogP contribution is -2.32. The van der Waals surface area contributed by atoms with Crippen LogP contribution in [0.2, 0.25) is 0 Å². The van der Waals surface area contributed by atoms with Crippen LogP contribution in [0.4, 0.5) is 9.59 Å². The summed E-state index contributed by atoms with van der Waals surface area (Å²) in [6.07, 6.45) is -1.57. The van der Waals surface area contributed by atoms with Gasteiger partial charge in [-0.1, -0.05) is 30.3 Å². The molecule has 17 heavy (non-hydrogen) atoms. The second-order valence-electron chi connectivity index (χ2n) is 3.38. The zero-order valence-electron chi connectivity index (χ0n) is 9.46. The number of hydrogen-bond donors (Lipinski definition) is 4. The maximum atomic E-state index is 10.3. The van der Waals surface area contributed by atoms with Gasteiger partial charge in [0.2, 0.25) is 0 Å². The number of nitrogens with two attached hydrogens (primary N) is 1. The fourth-order valence-corrected chi connectivity index (χ4v) is 1.23. The number of hydrogen-bond acceptors (Lipinski definition) is 2. The van der Waals surface area contributed by atoms with E-state index in [9.17, 15) is 4.79 Å². The number of rotatable bonds is 3. The van der Waals surface area contributed by atoms with E-state index in [0.29, 0.717) is 0 Å². The van der Waals surface area contributed by atoms with E-state index in [1.165, 1.54) is 0 Å². The summed E-state index contributed by atoms with van der Waals surface area (Å²) in [4.78, 5) is 19.1. The third-order valence-corrected chi connectivity index (χ3v) is 1.75. The predicted octanol–water partition coefficient (Wildman–Crippen LogP) is 1.51. The lowest BCUT2D eigenvalue weighted by Gasteiger charge is -2.10. The third-order valence-electron chi connectivity index (χ3n) is 1.75. The van der Waals surface area contributed by atoms with Crippen molar-refractivity contribution in [3.05, 3.63) is 35.9 Å². The Balaban J connectivity index is 0.000000557. The Morgan fingerprint density at radius 1 is 1.29 bits per heavy atom. The molecule has 1 aromatic carbocycles. The second kappa shape index (κ2) is 7.98. The van der Waals surface area contributed by atoms with Crippen LogP contribution < -0.4 is 11.1 Å². The van der Waals surface area contributed by atoms with Crippen LogP contribution in [-0.2, 0) is 6.42 Å². The van der Waals surface area contributed by atoms with Crippen molar-refractivity contribution in [3.63, 3.8) is 0 Å². The Morgan fingerprint density at radius 2 is 1.76 bits per heavy atom. The molecule has 0 heterocycles. The molecule has 5 N–H and O–H groups in total. The molecule has 0 unspecified atom stereocenters. The average Bonchev–Trinajstić information content (AvgIpc) is 2.16. The molecule has 94 valence electrons. The Bertz CT molecular complexity index is 350. The summed E-state index contributed by atoms with van der Waals surface area (Å²) in [6, 6.07) is 9.77. The van der Waals surface area contributed by atoms with Crippen LogP contribution in [0.15, 0.2) is 30.3 Å². The van der Waals surface area contributed by atoms with Crippen molar-refractivity contribution in [3.8, 4) is 0 Å². The van der Waals surface area contributed by atoms with Crippen LogP contribution in [0.5, 0.6) is 0 Å². The molecule has 0 spiro atoms. The summed E-state index contributed by atoms with van der Waals surface area (Å²) in [6.45, 7) is 1.85. The molecule has 1 aromatic rings. The van der Waals surface area contributed by atoms with Gasteiger partial charge in [0.1, 0.15) is 0 Å². The minimum atomic E-state index is -1.33. The first kappa shape index (κ1) is 14.8. The Hall–Kier alpha value is -2.24. The predicted molar refractivity (Wildman–Crippen MR) is 63.0 cm³/mol. The summed E-state index contributed by atoms with van der Waals surface area (Å²) in [5.41, 5.74) is 5.17. The summed E-state index contributed by atoms with van der Waals surface area (Å²) in [7, 11) is 0. The molecule has 6 nitrogen and oxygen atoms in total. The van der Waals surface area contributed by atoms with Crippen molar-refractivity contribution in [1.29, 1.82) is 0 Å². The largest absolute Gasteiger partial charge is 0.465 e. The van der Waals surface area contributed by atoms with Gasteiger partial charge in [-0.2, -0.15) is 0 Å².